The smallest absolute Gasteiger partial charge is 0.245 e. The number of hydrogen-bond donors (Lipinski definition) is 1. The molecule has 1 fully saturated rings. The van der Waals surface area contributed by atoms with Crippen molar-refractivity contribution in [1.82, 2.24) is 9.29 Å². The van der Waals surface area contributed by atoms with E-state index in [1.165, 1.54) is 4.31 Å². The standard InChI is InChI=1S/C23H25N3O4S/c1-16-10-11-20(30-2)19(14-16)25-23(27)18-8-5-13-26(15-18)31(28,29)21-9-3-6-17-7-4-12-24-22(17)21/h3-4,6-7,9-12,14,18H,5,8,13,15H2,1-2H3,(H,25,27)/t18-/m1/s1. The molecule has 1 atom stereocenters. The van der Waals surface area contributed by atoms with Gasteiger partial charge in [0.15, 0.2) is 0 Å². The van der Waals surface area contributed by atoms with Crippen LogP contribution in [0.25, 0.3) is 10.9 Å². The minimum Gasteiger partial charge on any atom is -0.495 e. The summed E-state index contributed by atoms with van der Waals surface area (Å²) in [5.41, 5.74) is 2.03. The molecule has 0 spiro atoms. The number of carbonyl (C=O) groups is 1. The van der Waals surface area contributed by atoms with Crippen LogP contribution in [0.5, 0.6) is 5.75 Å². The second kappa shape index (κ2) is 8.64. The predicted molar refractivity (Wildman–Crippen MR) is 120 cm³/mol. The first kappa shape index (κ1) is 21.3. The maximum Gasteiger partial charge on any atom is 0.245 e. The Balaban J connectivity index is 1.57. The Morgan fingerprint density at radius 2 is 2.00 bits per heavy atom. The lowest BCUT2D eigenvalue weighted by atomic mass is 9.98. The van der Waals surface area contributed by atoms with Crippen molar-refractivity contribution in [2.75, 3.05) is 25.5 Å². The van der Waals surface area contributed by atoms with Gasteiger partial charge in [0.2, 0.25) is 15.9 Å². The van der Waals surface area contributed by atoms with E-state index in [-0.39, 0.29) is 17.3 Å². The lowest BCUT2D eigenvalue weighted by molar-refractivity contribution is -0.120. The van der Waals surface area contributed by atoms with E-state index in [0.717, 1.165) is 10.9 Å². The number of nitrogens with one attached hydrogen (secondary N) is 1. The molecule has 2 aromatic carbocycles. The normalized spacial score (nSPS) is 17.4. The number of sulfonamides is 1. The molecule has 2 heterocycles. The van der Waals surface area contributed by atoms with Crippen LogP contribution in [0.4, 0.5) is 5.69 Å². The molecule has 1 amide bonds. The highest BCUT2D eigenvalue weighted by atomic mass is 32.2. The average Bonchev–Trinajstić information content (AvgIpc) is 2.79. The van der Waals surface area contributed by atoms with Crippen LogP contribution in [0.2, 0.25) is 0 Å². The van der Waals surface area contributed by atoms with Gasteiger partial charge in [-0.25, -0.2) is 8.42 Å². The first-order valence-corrected chi connectivity index (χ1v) is 11.6. The molecule has 0 radical (unpaired) electrons. The van der Waals surface area contributed by atoms with Gasteiger partial charge in [-0.1, -0.05) is 24.3 Å². The second-order valence-corrected chi connectivity index (χ2v) is 9.63. The molecular formula is C23H25N3O4S. The Bertz CT molecular complexity index is 1220. The van der Waals surface area contributed by atoms with Gasteiger partial charge in [-0.3, -0.25) is 9.78 Å². The molecule has 31 heavy (non-hydrogen) atoms. The Morgan fingerprint density at radius 3 is 2.81 bits per heavy atom. The highest BCUT2D eigenvalue weighted by Crippen LogP contribution is 2.30. The number of para-hydroxylation sites is 1. The number of ether oxygens (including phenoxy) is 1. The molecule has 0 unspecified atom stereocenters. The number of carbonyl (C=O) groups excluding carboxylic acids is 1. The number of aryl methyl sites for hydroxylation is 1. The molecule has 1 aliphatic heterocycles. The largest absolute Gasteiger partial charge is 0.495 e. The predicted octanol–water partition coefficient (Wildman–Crippen LogP) is 3.59. The Morgan fingerprint density at radius 1 is 1.19 bits per heavy atom. The highest BCUT2D eigenvalue weighted by molar-refractivity contribution is 7.89. The number of rotatable bonds is 5. The van der Waals surface area contributed by atoms with Crippen LogP contribution in [0.3, 0.4) is 0 Å². The summed E-state index contributed by atoms with van der Waals surface area (Å²) < 4.78 is 33.5. The maximum absolute atomic E-state index is 13.4. The molecule has 1 N–H and O–H groups in total. The number of fused-ring (bicyclic) bond motifs is 1. The van der Waals surface area contributed by atoms with Crippen LogP contribution >= 0.6 is 0 Å². The van der Waals surface area contributed by atoms with E-state index in [1.807, 2.05) is 31.2 Å². The van der Waals surface area contributed by atoms with Crippen molar-refractivity contribution in [3.8, 4) is 5.75 Å². The first-order valence-electron chi connectivity index (χ1n) is 10.2. The number of aromatic nitrogens is 1. The Labute approximate surface area is 182 Å². The van der Waals surface area contributed by atoms with E-state index in [2.05, 4.69) is 10.3 Å². The number of methoxy groups -OCH3 is 1. The third-order valence-electron chi connectivity index (χ3n) is 5.58. The zero-order valence-electron chi connectivity index (χ0n) is 17.5. The lowest BCUT2D eigenvalue weighted by Gasteiger charge is -2.31. The van der Waals surface area contributed by atoms with Gasteiger partial charge in [0, 0.05) is 24.7 Å². The van der Waals surface area contributed by atoms with Crippen LogP contribution in [0.1, 0.15) is 18.4 Å². The summed E-state index contributed by atoms with van der Waals surface area (Å²) >= 11 is 0. The number of benzene rings is 2. The van der Waals surface area contributed by atoms with Gasteiger partial charge in [0.05, 0.1) is 24.2 Å². The molecule has 4 rings (SSSR count). The van der Waals surface area contributed by atoms with E-state index < -0.39 is 15.9 Å². The molecule has 3 aromatic rings. The minimum atomic E-state index is -3.78. The summed E-state index contributed by atoms with van der Waals surface area (Å²) in [4.78, 5) is 17.4. The lowest BCUT2D eigenvalue weighted by Crippen LogP contribution is -2.43. The van der Waals surface area contributed by atoms with Crippen molar-refractivity contribution >= 4 is 32.5 Å². The topological polar surface area (TPSA) is 88.6 Å². The van der Waals surface area contributed by atoms with Crippen LogP contribution in [-0.2, 0) is 14.8 Å². The number of amides is 1. The fourth-order valence-corrected chi connectivity index (χ4v) is 5.64. The van der Waals surface area contributed by atoms with Gasteiger partial charge < -0.3 is 10.1 Å². The quantitative estimate of drug-likeness (QED) is 0.656. The van der Waals surface area contributed by atoms with Crippen LogP contribution in [0, 0.1) is 12.8 Å². The van der Waals surface area contributed by atoms with Crippen molar-refractivity contribution in [3.05, 3.63) is 60.3 Å². The van der Waals surface area contributed by atoms with Crippen molar-refractivity contribution in [2.24, 2.45) is 5.92 Å². The Kier molecular flexibility index (Phi) is 5.93. The molecular weight excluding hydrogens is 414 g/mol. The summed E-state index contributed by atoms with van der Waals surface area (Å²) in [7, 11) is -2.23. The third kappa shape index (κ3) is 4.26. The number of piperidine rings is 1. The first-order chi connectivity index (χ1) is 14.9. The summed E-state index contributed by atoms with van der Waals surface area (Å²) in [6, 6.07) is 14.3. The van der Waals surface area contributed by atoms with Gasteiger partial charge >= 0.3 is 0 Å². The van der Waals surface area contributed by atoms with Crippen LogP contribution in [-0.4, -0.2) is 43.8 Å². The number of nitrogens with zero attached hydrogens (tertiary/aromatic N) is 2. The van der Waals surface area contributed by atoms with Gasteiger partial charge in [-0.05, 0) is 49.6 Å². The maximum atomic E-state index is 13.4. The molecule has 1 aromatic heterocycles. The average molecular weight is 440 g/mol. The minimum absolute atomic E-state index is 0.130. The summed E-state index contributed by atoms with van der Waals surface area (Å²) in [5, 5.41) is 3.68. The van der Waals surface area contributed by atoms with E-state index in [4.69, 9.17) is 4.74 Å². The fourth-order valence-electron chi connectivity index (χ4n) is 3.95. The van der Waals surface area contributed by atoms with Crippen molar-refractivity contribution in [3.63, 3.8) is 0 Å². The fraction of sp³-hybridized carbons (Fsp3) is 0.304. The summed E-state index contributed by atoms with van der Waals surface area (Å²) in [6.45, 7) is 2.44. The van der Waals surface area contributed by atoms with Gasteiger partial charge in [-0.15, -0.1) is 0 Å². The molecule has 0 aliphatic carbocycles. The number of pyridine rings is 1. The zero-order chi connectivity index (χ0) is 22.0. The highest BCUT2D eigenvalue weighted by Gasteiger charge is 2.34. The van der Waals surface area contributed by atoms with E-state index in [1.54, 1.807) is 37.6 Å². The Hall–Kier alpha value is -2.97. The second-order valence-electron chi connectivity index (χ2n) is 7.73. The SMILES string of the molecule is COc1ccc(C)cc1NC(=O)[C@@H]1CCCN(S(=O)(=O)c2cccc3cccnc23)C1. The summed E-state index contributed by atoms with van der Waals surface area (Å²) in [5.74, 6) is -0.0856. The van der Waals surface area contributed by atoms with Crippen molar-refractivity contribution < 1.29 is 17.9 Å². The molecule has 1 saturated heterocycles. The molecule has 7 nitrogen and oxygen atoms in total. The van der Waals surface area contributed by atoms with E-state index in [9.17, 15) is 13.2 Å². The van der Waals surface area contributed by atoms with E-state index >= 15 is 0 Å². The molecule has 8 heteroatoms. The number of anilines is 1. The summed E-state index contributed by atoms with van der Waals surface area (Å²) in [6.07, 6.45) is 2.82. The monoisotopic (exact) mass is 439 g/mol. The van der Waals surface area contributed by atoms with Crippen molar-refractivity contribution in [1.29, 1.82) is 0 Å². The van der Waals surface area contributed by atoms with Gasteiger partial charge in [0.1, 0.15) is 10.6 Å². The van der Waals surface area contributed by atoms with Gasteiger partial charge in [-0.2, -0.15) is 4.31 Å². The third-order valence-corrected chi connectivity index (χ3v) is 7.48. The zero-order valence-corrected chi connectivity index (χ0v) is 18.4. The van der Waals surface area contributed by atoms with Gasteiger partial charge in [0.25, 0.3) is 0 Å². The molecule has 1 aliphatic rings. The molecule has 162 valence electrons. The molecule has 0 saturated carbocycles. The van der Waals surface area contributed by atoms with Crippen LogP contribution in [0.15, 0.2) is 59.6 Å². The number of hydrogen-bond acceptors (Lipinski definition) is 5. The van der Waals surface area contributed by atoms with Crippen LogP contribution < -0.4 is 10.1 Å². The van der Waals surface area contributed by atoms with E-state index in [0.29, 0.717) is 36.3 Å². The van der Waals surface area contributed by atoms with Crippen molar-refractivity contribution in [2.45, 2.75) is 24.7 Å². The molecule has 0 bridgehead atoms.